The molecular formula is C12H16. The molecule has 0 heteroatoms. The molecule has 0 saturated heterocycles. The molecule has 0 fully saturated rings. The molecule has 0 bridgehead atoms. The molecule has 0 N–H and O–H groups in total. The van der Waals surface area contributed by atoms with Gasteiger partial charge in [-0.1, -0.05) is 57.7 Å². The SMILES string of the molecule is C=Cc1ccccc1C(C)(C)C. The van der Waals surface area contributed by atoms with Crippen molar-refractivity contribution in [1.82, 2.24) is 0 Å². The van der Waals surface area contributed by atoms with Gasteiger partial charge in [0.1, 0.15) is 0 Å². The first-order valence-corrected chi connectivity index (χ1v) is 4.27. The van der Waals surface area contributed by atoms with E-state index in [0.717, 1.165) is 0 Å². The average Bonchev–Trinajstić information content (AvgIpc) is 2.03. The van der Waals surface area contributed by atoms with Crippen molar-refractivity contribution in [2.45, 2.75) is 26.2 Å². The van der Waals surface area contributed by atoms with Gasteiger partial charge in [-0.05, 0) is 16.5 Å². The van der Waals surface area contributed by atoms with Crippen LogP contribution in [-0.2, 0) is 5.41 Å². The summed E-state index contributed by atoms with van der Waals surface area (Å²) in [6, 6.07) is 8.39. The van der Waals surface area contributed by atoms with E-state index in [1.54, 1.807) is 0 Å². The summed E-state index contributed by atoms with van der Waals surface area (Å²) in [7, 11) is 0. The topological polar surface area (TPSA) is 0 Å². The molecule has 0 aliphatic heterocycles. The first-order chi connectivity index (χ1) is 5.55. The lowest BCUT2D eigenvalue weighted by atomic mass is 9.84. The number of hydrogen-bond acceptors (Lipinski definition) is 0. The average molecular weight is 160 g/mol. The molecule has 0 heterocycles. The summed E-state index contributed by atoms with van der Waals surface area (Å²) < 4.78 is 0. The summed E-state index contributed by atoms with van der Waals surface area (Å²) in [4.78, 5) is 0. The lowest BCUT2D eigenvalue weighted by Gasteiger charge is -2.21. The summed E-state index contributed by atoms with van der Waals surface area (Å²) in [5.74, 6) is 0. The first-order valence-electron chi connectivity index (χ1n) is 4.27. The van der Waals surface area contributed by atoms with E-state index in [4.69, 9.17) is 0 Å². The van der Waals surface area contributed by atoms with E-state index >= 15 is 0 Å². The molecule has 0 saturated carbocycles. The predicted molar refractivity (Wildman–Crippen MR) is 55.2 cm³/mol. The molecule has 0 nitrogen and oxygen atoms in total. The Labute approximate surface area is 74.9 Å². The van der Waals surface area contributed by atoms with Crippen molar-refractivity contribution in [2.75, 3.05) is 0 Å². The van der Waals surface area contributed by atoms with Crippen LogP contribution in [0.2, 0.25) is 0 Å². The van der Waals surface area contributed by atoms with Crippen molar-refractivity contribution < 1.29 is 0 Å². The van der Waals surface area contributed by atoms with Gasteiger partial charge in [-0.25, -0.2) is 0 Å². The Hall–Kier alpha value is -1.04. The maximum atomic E-state index is 3.81. The molecule has 0 amide bonds. The molecule has 0 atom stereocenters. The van der Waals surface area contributed by atoms with Gasteiger partial charge in [0.05, 0.1) is 0 Å². The minimum atomic E-state index is 0.213. The van der Waals surface area contributed by atoms with E-state index in [1.807, 2.05) is 12.1 Å². The minimum Gasteiger partial charge on any atom is -0.0985 e. The van der Waals surface area contributed by atoms with Crippen molar-refractivity contribution in [3.63, 3.8) is 0 Å². The fourth-order valence-corrected chi connectivity index (χ4v) is 1.36. The van der Waals surface area contributed by atoms with Crippen LogP contribution in [0.3, 0.4) is 0 Å². The van der Waals surface area contributed by atoms with Crippen molar-refractivity contribution in [3.05, 3.63) is 42.0 Å². The Morgan fingerprint density at radius 1 is 1.17 bits per heavy atom. The van der Waals surface area contributed by atoms with Crippen LogP contribution in [0.1, 0.15) is 31.9 Å². The largest absolute Gasteiger partial charge is 0.0985 e. The van der Waals surface area contributed by atoms with Crippen LogP contribution in [-0.4, -0.2) is 0 Å². The summed E-state index contributed by atoms with van der Waals surface area (Å²) >= 11 is 0. The van der Waals surface area contributed by atoms with Gasteiger partial charge in [0.25, 0.3) is 0 Å². The number of rotatable bonds is 1. The van der Waals surface area contributed by atoms with E-state index in [1.165, 1.54) is 11.1 Å². The zero-order valence-corrected chi connectivity index (χ0v) is 8.09. The molecule has 64 valence electrons. The zero-order chi connectivity index (χ0) is 9.19. The quantitative estimate of drug-likeness (QED) is 0.588. The smallest absolute Gasteiger partial charge is 0.0126 e. The molecule has 12 heavy (non-hydrogen) atoms. The highest BCUT2D eigenvalue weighted by atomic mass is 14.2. The molecule has 1 aromatic rings. The Bertz CT molecular complexity index is 276. The third-order valence-corrected chi connectivity index (χ3v) is 1.99. The molecule has 0 aliphatic carbocycles. The Morgan fingerprint density at radius 3 is 2.17 bits per heavy atom. The maximum Gasteiger partial charge on any atom is -0.0126 e. The van der Waals surface area contributed by atoms with Crippen LogP contribution in [0, 0.1) is 0 Å². The van der Waals surface area contributed by atoms with E-state index in [-0.39, 0.29) is 5.41 Å². The van der Waals surface area contributed by atoms with E-state index in [9.17, 15) is 0 Å². The van der Waals surface area contributed by atoms with Crippen LogP contribution in [0.4, 0.5) is 0 Å². The van der Waals surface area contributed by atoms with Gasteiger partial charge in [0.2, 0.25) is 0 Å². The molecule has 0 aliphatic rings. The van der Waals surface area contributed by atoms with Gasteiger partial charge in [0.15, 0.2) is 0 Å². The second-order valence-corrected chi connectivity index (χ2v) is 4.04. The molecule has 0 spiro atoms. The summed E-state index contributed by atoms with van der Waals surface area (Å²) in [6.07, 6.45) is 1.92. The fourth-order valence-electron chi connectivity index (χ4n) is 1.36. The molecule has 1 aromatic carbocycles. The highest BCUT2D eigenvalue weighted by Gasteiger charge is 2.15. The fraction of sp³-hybridized carbons (Fsp3) is 0.333. The van der Waals surface area contributed by atoms with Crippen molar-refractivity contribution in [3.8, 4) is 0 Å². The van der Waals surface area contributed by atoms with Crippen LogP contribution >= 0.6 is 0 Å². The summed E-state index contributed by atoms with van der Waals surface area (Å²) in [6.45, 7) is 10.5. The standard InChI is InChI=1S/C12H16/c1-5-10-8-6-7-9-11(10)12(2,3)4/h5-9H,1H2,2-4H3. The van der Waals surface area contributed by atoms with E-state index < -0.39 is 0 Å². The number of benzene rings is 1. The molecular weight excluding hydrogens is 144 g/mol. The molecule has 0 aromatic heterocycles. The third kappa shape index (κ3) is 1.76. The third-order valence-electron chi connectivity index (χ3n) is 1.99. The van der Waals surface area contributed by atoms with Gasteiger partial charge >= 0.3 is 0 Å². The second-order valence-electron chi connectivity index (χ2n) is 4.04. The highest BCUT2D eigenvalue weighted by Crippen LogP contribution is 2.25. The van der Waals surface area contributed by atoms with Gasteiger partial charge in [-0.15, -0.1) is 0 Å². The van der Waals surface area contributed by atoms with Crippen molar-refractivity contribution in [1.29, 1.82) is 0 Å². The van der Waals surface area contributed by atoms with Gasteiger partial charge in [0, 0.05) is 0 Å². The Morgan fingerprint density at radius 2 is 1.75 bits per heavy atom. The summed E-state index contributed by atoms with van der Waals surface area (Å²) in [5, 5.41) is 0. The van der Waals surface area contributed by atoms with E-state index in [0.29, 0.717) is 0 Å². The van der Waals surface area contributed by atoms with Crippen molar-refractivity contribution in [2.24, 2.45) is 0 Å². The molecule has 1 rings (SSSR count). The lowest BCUT2D eigenvalue weighted by molar-refractivity contribution is 0.589. The Balaban J connectivity index is 3.23. The Kier molecular flexibility index (Phi) is 2.37. The van der Waals surface area contributed by atoms with E-state index in [2.05, 4.69) is 45.5 Å². The maximum absolute atomic E-state index is 3.81. The molecule has 0 radical (unpaired) electrons. The summed E-state index contributed by atoms with van der Waals surface area (Å²) in [5.41, 5.74) is 2.81. The van der Waals surface area contributed by atoms with Gasteiger partial charge in [-0.2, -0.15) is 0 Å². The van der Waals surface area contributed by atoms with Crippen LogP contribution in [0.25, 0.3) is 6.08 Å². The predicted octanol–water partition coefficient (Wildman–Crippen LogP) is 3.63. The second kappa shape index (κ2) is 3.14. The van der Waals surface area contributed by atoms with Crippen molar-refractivity contribution >= 4 is 6.08 Å². The van der Waals surface area contributed by atoms with Crippen LogP contribution < -0.4 is 0 Å². The molecule has 0 unspecified atom stereocenters. The zero-order valence-electron chi connectivity index (χ0n) is 8.09. The van der Waals surface area contributed by atoms with Gasteiger partial charge in [-0.3, -0.25) is 0 Å². The minimum absolute atomic E-state index is 0.213. The van der Waals surface area contributed by atoms with Crippen LogP contribution in [0.5, 0.6) is 0 Å². The highest BCUT2D eigenvalue weighted by molar-refractivity contribution is 5.53. The normalized spacial score (nSPS) is 11.2. The van der Waals surface area contributed by atoms with Crippen LogP contribution in [0.15, 0.2) is 30.8 Å². The number of hydrogen-bond donors (Lipinski definition) is 0. The lowest BCUT2D eigenvalue weighted by Crippen LogP contribution is -2.12. The van der Waals surface area contributed by atoms with Gasteiger partial charge < -0.3 is 0 Å². The monoisotopic (exact) mass is 160 g/mol. The first kappa shape index (κ1) is 9.05.